The van der Waals surface area contributed by atoms with Gasteiger partial charge in [0.05, 0.1) is 7.47 Å². The van der Waals surface area contributed by atoms with Crippen LogP contribution in [0.1, 0.15) is 8.29 Å². The number of rotatable bonds is 1. The number of aliphatic hydroxyl groups is 3. The zero-order valence-electron chi connectivity index (χ0n) is 7.14. The highest BCUT2D eigenvalue weighted by atomic mass is 16.6. The zero-order valence-corrected chi connectivity index (χ0v) is 6.14. The zero-order chi connectivity index (χ0) is 9.35. The van der Waals surface area contributed by atoms with Crippen molar-refractivity contribution in [2.75, 3.05) is 0 Å². The summed E-state index contributed by atoms with van der Waals surface area (Å²) in [6.45, 7) is 2.38. The lowest BCUT2D eigenvalue weighted by atomic mass is 9.94. The largest absolute Gasteiger partial charge is 0.384 e. The van der Waals surface area contributed by atoms with E-state index in [1.807, 2.05) is 0 Å². The van der Waals surface area contributed by atoms with Crippen LogP contribution in [0.15, 0.2) is 12.6 Å². The molecule has 1 fully saturated rings. The van der Waals surface area contributed by atoms with Crippen LogP contribution >= 0.6 is 0 Å². The van der Waals surface area contributed by atoms with Gasteiger partial charge in [-0.1, -0.05) is 6.08 Å². The minimum atomic E-state index is -1.65. The average molecular weight is 161 g/mol. The molecule has 64 valence electrons. The van der Waals surface area contributed by atoms with E-state index >= 15 is 0 Å². The topological polar surface area (TPSA) is 69.9 Å². The molecule has 1 rings (SSSR count). The Morgan fingerprint density at radius 3 is 2.73 bits per heavy atom. The third kappa shape index (κ3) is 1.08. The molecule has 0 aromatic rings. The molecule has 4 atom stereocenters. The van der Waals surface area contributed by atoms with Crippen LogP contribution in [0.5, 0.6) is 0 Å². The Morgan fingerprint density at radius 2 is 2.36 bits per heavy atom. The predicted octanol–water partition coefficient (Wildman–Crippen LogP) is -0.999. The van der Waals surface area contributed by atoms with Gasteiger partial charge in [0.1, 0.15) is 11.7 Å². The number of aliphatic hydroxyl groups excluding tert-OH is 2. The van der Waals surface area contributed by atoms with Gasteiger partial charge in [-0.25, -0.2) is 0 Å². The summed E-state index contributed by atoms with van der Waals surface area (Å²) in [7, 11) is 0. The third-order valence-corrected chi connectivity index (χ3v) is 2.01. The molecule has 1 unspecified atom stereocenters. The van der Waals surface area contributed by atoms with E-state index in [1.54, 1.807) is 0 Å². The van der Waals surface area contributed by atoms with Gasteiger partial charge in [-0.2, -0.15) is 0 Å². The number of hydrogen-bond donors (Lipinski definition) is 3. The molecule has 0 radical (unpaired) electrons. The van der Waals surface area contributed by atoms with E-state index in [1.165, 1.54) is 6.92 Å². The van der Waals surface area contributed by atoms with Crippen LogP contribution < -0.4 is 0 Å². The van der Waals surface area contributed by atoms with E-state index in [-0.39, 0.29) is 0 Å². The smallest absolute Gasteiger partial charge is 0.184 e. The molecule has 4 heteroatoms. The van der Waals surface area contributed by atoms with Gasteiger partial charge in [0.15, 0.2) is 6.29 Å². The Bertz CT molecular complexity index is 196. The summed E-state index contributed by atoms with van der Waals surface area (Å²) in [4.78, 5) is 0. The van der Waals surface area contributed by atoms with E-state index in [2.05, 4.69) is 0 Å². The quantitative estimate of drug-likeness (QED) is 0.431. The minimum absolute atomic E-state index is 0.718. The van der Waals surface area contributed by atoms with Crippen LogP contribution in [0.25, 0.3) is 0 Å². The van der Waals surface area contributed by atoms with Crippen LogP contribution in [0, 0.1) is 0 Å². The third-order valence-electron chi connectivity index (χ3n) is 2.01. The van der Waals surface area contributed by atoms with Crippen molar-refractivity contribution in [2.24, 2.45) is 0 Å². The molecule has 1 heterocycles. The van der Waals surface area contributed by atoms with Gasteiger partial charge < -0.3 is 20.1 Å². The summed E-state index contributed by atoms with van der Waals surface area (Å²) in [6, 6.07) is 0. The van der Waals surface area contributed by atoms with Gasteiger partial charge in [-0.05, 0) is 6.92 Å². The van der Waals surface area contributed by atoms with E-state index in [4.69, 9.17) is 11.2 Å². The van der Waals surface area contributed by atoms with Crippen LogP contribution in [0.2, 0.25) is 0 Å². The summed E-state index contributed by atoms with van der Waals surface area (Å²) >= 11 is 0. The predicted molar refractivity (Wildman–Crippen MR) is 37.7 cm³/mol. The molecule has 1 aliphatic heterocycles. The van der Waals surface area contributed by atoms with Crippen molar-refractivity contribution in [3.05, 3.63) is 12.6 Å². The van der Waals surface area contributed by atoms with Crippen molar-refractivity contribution in [3.8, 4) is 0 Å². The van der Waals surface area contributed by atoms with Gasteiger partial charge in [0, 0.05) is 0 Å². The molecule has 0 spiro atoms. The molecule has 0 aromatic carbocycles. The molecule has 1 saturated heterocycles. The Kier molecular flexibility index (Phi) is 1.69. The lowest BCUT2D eigenvalue weighted by molar-refractivity contribution is -0.124. The first-order valence-electron chi connectivity index (χ1n) is 3.90. The van der Waals surface area contributed by atoms with Gasteiger partial charge in [0.25, 0.3) is 0 Å². The maximum atomic E-state index is 9.66. The fourth-order valence-corrected chi connectivity index (χ4v) is 1.10. The maximum Gasteiger partial charge on any atom is 0.184 e. The number of ether oxygens (including phenoxy) is 1. The first-order valence-corrected chi connectivity index (χ1v) is 3.32. The van der Waals surface area contributed by atoms with Gasteiger partial charge in [0.2, 0.25) is 0 Å². The van der Waals surface area contributed by atoms with E-state index in [9.17, 15) is 10.2 Å². The summed E-state index contributed by atoms with van der Waals surface area (Å²) in [6.07, 6.45) is -2.40. The van der Waals surface area contributed by atoms with Crippen LogP contribution in [0.3, 0.4) is 0 Å². The highest BCUT2D eigenvalue weighted by molar-refractivity contribution is 5.09. The van der Waals surface area contributed by atoms with Crippen molar-refractivity contribution in [2.45, 2.75) is 31.0 Å². The summed E-state index contributed by atoms with van der Waals surface area (Å²) in [5.41, 5.74) is -1.65. The van der Waals surface area contributed by atoms with Crippen molar-refractivity contribution >= 4 is 0 Å². The van der Waals surface area contributed by atoms with Crippen LogP contribution in [-0.4, -0.2) is 39.4 Å². The molecule has 0 aliphatic carbocycles. The van der Waals surface area contributed by atoms with Gasteiger partial charge in [-0.3, -0.25) is 0 Å². The molecule has 0 amide bonds. The highest BCUT2D eigenvalue weighted by Crippen LogP contribution is 2.30. The SMILES string of the molecule is [2H]C=C[C@]1(O)[C@@H](C)OC(O)[C@@H]1O. The molecule has 4 nitrogen and oxygen atoms in total. The summed E-state index contributed by atoms with van der Waals surface area (Å²) in [5.74, 6) is 0. The Balaban J connectivity index is 2.87. The van der Waals surface area contributed by atoms with E-state index in [0.29, 0.717) is 0 Å². The summed E-state index contributed by atoms with van der Waals surface area (Å²) < 4.78 is 11.5. The molecule has 1 aliphatic rings. The summed E-state index contributed by atoms with van der Waals surface area (Å²) in [5, 5.41) is 27.9. The molecular formula is C7H12O4. The standard InChI is InChI=1S/C7H12O4/c1-3-7(10)4(2)11-6(9)5(7)8/h3-6,8-10H,1H2,2H3/t4-,5+,6?,7+/m1/s1/i1D. The second kappa shape index (κ2) is 2.57. The fourth-order valence-electron chi connectivity index (χ4n) is 1.10. The Hall–Kier alpha value is -0.420. The molecule has 0 bridgehead atoms. The van der Waals surface area contributed by atoms with Gasteiger partial charge in [-0.15, -0.1) is 6.55 Å². The molecule has 3 N–H and O–H groups in total. The lowest BCUT2D eigenvalue weighted by Crippen LogP contribution is -2.45. The van der Waals surface area contributed by atoms with Crippen molar-refractivity contribution in [1.82, 2.24) is 0 Å². The fraction of sp³-hybridized carbons (Fsp3) is 0.714. The van der Waals surface area contributed by atoms with Crippen LogP contribution in [-0.2, 0) is 4.74 Å². The lowest BCUT2D eigenvalue weighted by Gasteiger charge is -2.24. The number of hydrogen-bond acceptors (Lipinski definition) is 4. The first kappa shape index (κ1) is 7.24. The highest BCUT2D eigenvalue weighted by Gasteiger charge is 2.50. The normalized spacial score (nSPS) is 53.5. The average Bonchev–Trinajstić information content (AvgIpc) is 2.17. The second-order valence-corrected chi connectivity index (χ2v) is 2.67. The van der Waals surface area contributed by atoms with E-state index in [0.717, 1.165) is 12.6 Å². The maximum absolute atomic E-state index is 9.66. The molecule has 0 saturated carbocycles. The molecule has 0 aromatic heterocycles. The van der Waals surface area contributed by atoms with Gasteiger partial charge >= 0.3 is 0 Å². The van der Waals surface area contributed by atoms with E-state index < -0.39 is 24.1 Å². The minimum Gasteiger partial charge on any atom is -0.384 e. The van der Waals surface area contributed by atoms with Crippen LogP contribution in [0.4, 0.5) is 0 Å². The monoisotopic (exact) mass is 161 g/mol. The Labute approximate surface area is 66.1 Å². The molecular weight excluding hydrogens is 148 g/mol. The van der Waals surface area contributed by atoms with Crippen molar-refractivity contribution < 1.29 is 21.4 Å². The second-order valence-electron chi connectivity index (χ2n) is 2.67. The van der Waals surface area contributed by atoms with Crippen molar-refractivity contribution in [1.29, 1.82) is 0 Å². The molecule has 11 heavy (non-hydrogen) atoms. The Morgan fingerprint density at radius 1 is 1.73 bits per heavy atom. The first-order chi connectivity index (χ1) is 5.52. The van der Waals surface area contributed by atoms with Crippen molar-refractivity contribution in [3.63, 3.8) is 0 Å².